The number of thioether (sulfide) groups is 1. The van der Waals surface area contributed by atoms with Crippen LogP contribution in [0.1, 0.15) is 31.9 Å². The van der Waals surface area contributed by atoms with Crippen molar-refractivity contribution in [3.05, 3.63) is 63.6 Å². The molecular weight excluding hydrogens is 401 g/mol. The van der Waals surface area contributed by atoms with Crippen LogP contribution in [0.5, 0.6) is 5.75 Å². The van der Waals surface area contributed by atoms with Gasteiger partial charge in [-0.2, -0.15) is 0 Å². The zero-order chi connectivity index (χ0) is 19.9. The van der Waals surface area contributed by atoms with E-state index in [0.29, 0.717) is 34.7 Å². The Kier molecular flexibility index (Phi) is 8.33. The van der Waals surface area contributed by atoms with Crippen LogP contribution in [0.25, 0.3) is 0 Å². The summed E-state index contributed by atoms with van der Waals surface area (Å²) in [6.45, 7) is 7.46. The van der Waals surface area contributed by atoms with E-state index in [0.717, 1.165) is 11.3 Å². The molecule has 2 rings (SSSR count). The molecule has 0 aliphatic rings. The van der Waals surface area contributed by atoms with E-state index in [9.17, 15) is 4.79 Å². The van der Waals surface area contributed by atoms with Crippen molar-refractivity contribution < 1.29 is 9.53 Å². The molecule has 0 heterocycles. The summed E-state index contributed by atoms with van der Waals surface area (Å²) >= 11 is 13.4. The summed E-state index contributed by atoms with van der Waals surface area (Å²) in [6, 6.07) is 13.6. The fourth-order valence-electron chi connectivity index (χ4n) is 2.35. The van der Waals surface area contributed by atoms with Crippen LogP contribution in [0, 0.1) is 0 Å². The smallest absolute Gasteiger partial charge is 0.230 e. The van der Waals surface area contributed by atoms with Crippen molar-refractivity contribution in [1.29, 1.82) is 0 Å². The second-order valence-corrected chi connectivity index (χ2v) is 9.01. The van der Waals surface area contributed by atoms with Gasteiger partial charge >= 0.3 is 0 Å². The van der Waals surface area contributed by atoms with Gasteiger partial charge in [-0.25, -0.2) is 0 Å². The van der Waals surface area contributed by atoms with Gasteiger partial charge in [-0.15, -0.1) is 11.8 Å². The fourth-order valence-corrected chi connectivity index (χ4v) is 3.48. The summed E-state index contributed by atoms with van der Waals surface area (Å²) in [7, 11) is 0. The van der Waals surface area contributed by atoms with Crippen LogP contribution >= 0.6 is 35.0 Å². The summed E-state index contributed by atoms with van der Waals surface area (Å²) in [5.74, 6) is 1.90. The van der Waals surface area contributed by atoms with Crippen molar-refractivity contribution in [2.45, 2.75) is 31.9 Å². The number of carbonyl (C=O) groups excluding carboxylic acids is 1. The minimum Gasteiger partial charge on any atom is -0.492 e. The Morgan fingerprint density at radius 1 is 1.07 bits per heavy atom. The first-order chi connectivity index (χ1) is 12.8. The van der Waals surface area contributed by atoms with Crippen LogP contribution in [0.4, 0.5) is 0 Å². The Hall–Kier alpha value is -1.36. The van der Waals surface area contributed by atoms with Crippen molar-refractivity contribution in [1.82, 2.24) is 5.32 Å². The molecule has 0 unspecified atom stereocenters. The Balaban J connectivity index is 1.62. The van der Waals surface area contributed by atoms with Gasteiger partial charge in [-0.1, -0.05) is 62.2 Å². The van der Waals surface area contributed by atoms with Gasteiger partial charge in [0.05, 0.1) is 22.3 Å². The van der Waals surface area contributed by atoms with E-state index in [1.54, 1.807) is 6.07 Å². The van der Waals surface area contributed by atoms with Crippen molar-refractivity contribution in [2.24, 2.45) is 0 Å². The highest BCUT2D eigenvalue weighted by atomic mass is 35.5. The average molecular weight is 426 g/mol. The predicted octanol–water partition coefficient (Wildman–Crippen LogP) is 5.72. The lowest BCUT2D eigenvalue weighted by Crippen LogP contribution is -2.29. The Morgan fingerprint density at radius 2 is 1.78 bits per heavy atom. The third-order valence-electron chi connectivity index (χ3n) is 3.90. The van der Waals surface area contributed by atoms with Crippen LogP contribution < -0.4 is 10.1 Å². The highest BCUT2D eigenvalue weighted by Crippen LogP contribution is 2.25. The van der Waals surface area contributed by atoms with Gasteiger partial charge in [0, 0.05) is 5.75 Å². The number of carbonyl (C=O) groups is 1. The van der Waals surface area contributed by atoms with Gasteiger partial charge in [0.2, 0.25) is 5.91 Å². The monoisotopic (exact) mass is 425 g/mol. The van der Waals surface area contributed by atoms with E-state index in [-0.39, 0.29) is 11.3 Å². The minimum absolute atomic E-state index is 0.00765. The number of rotatable bonds is 8. The molecule has 6 heteroatoms. The summed E-state index contributed by atoms with van der Waals surface area (Å²) in [5.41, 5.74) is 2.44. The highest BCUT2D eigenvalue weighted by Gasteiger charge is 2.12. The molecule has 0 aliphatic heterocycles. The van der Waals surface area contributed by atoms with Crippen LogP contribution in [-0.2, 0) is 16.0 Å². The molecule has 0 bridgehead atoms. The maximum atomic E-state index is 11.9. The van der Waals surface area contributed by atoms with E-state index in [1.165, 1.54) is 17.3 Å². The van der Waals surface area contributed by atoms with E-state index in [4.69, 9.17) is 27.9 Å². The van der Waals surface area contributed by atoms with Crippen LogP contribution in [0.3, 0.4) is 0 Å². The van der Waals surface area contributed by atoms with Crippen molar-refractivity contribution in [2.75, 3.05) is 18.9 Å². The molecule has 1 N–H and O–H groups in total. The molecular formula is C21H25Cl2NO2S. The lowest BCUT2D eigenvalue weighted by Gasteiger charge is -2.19. The third kappa shape index (κ3) is 7.65. The quantitative estimate of drug-likeness (QED) is 0.549. The van der Waals surface area contributed by atoms with Gasteiger partial charge in [0.15, 0.2) is 0 Å². The molecule has 2 aromatic rings. The average Bonchev–Trinajstić information content (AvgIpc) is 2.61. The van der Waals surface area contributed by atoms with Gasteiger partial charge in [-0.3, -0.25) is 4.79 Å². The Labute approximate surface area is 175 Å². The van der Waals surface area contributed by atoms with E-state index >= 15 is 0 Å². The molecule has 3 nitrogen and oxygen atoms in total. The lowest BCUT2D eigenvalue weighted by atomic mass is 9.87. The minimum atomic E-state index is -0.00765. The molecule has 0 radical (unpaired) electrons. The van der Waals surface area contributed by atoms with Crippen LogP contribution in [-0.4, -0.2) is 24.8 Å². The molecule has 2 aromatic carbocycles. The first kappa shape index (κ1) is 21.9. The molecule has 0 spiro atoms. The van der Waals surface area contributed by atoms with Crippen molar-refractivity contribution in [3.63, 3.8) is 0 Å². The van der Waals surface area contributed by atoms with Crippen molar-refractivity contribution in [3.8, 4) is 5.75 Å². The number of nitrogens with one attached hydrogen (secondary N) is 1. The molecule has 0 aromatic heterocycles. The molecule has 0 saturated heterocycles. The maximum Gasteiger partial charge on any atom is 0.230 e. The molecule has 146 valence electrons. The van der Waals surface area contributed by atoms with E-state index in [1.807, 2.05) is 24.3 Å². The van der Waals surface area contributed by atoms with Gasteiger partial charge in [-0.05, 0) is 40.8 Å². The highest BCUT2D eigenvalue weighted by molar-refractivity contribution is 7.99. The number of amides is 1. The molecule has 1 amide bonds. The number of halogens is 2. The normalized spacial score (nSPS) is 11.3. The van der Waals surface area contributed by atoms with Gasteiger partial charge < -0.3 is 10.1 Å². The summed E-state index contributed by atoms with van der Waals surface area (Å²) < 4.78 is 5.67. The van der Waals surface area contributed by atoms with Crippen molar-refractivity contribution >= 4 is 40.9 Å². The van der Waals surface area contributed by atoms with E-state index in [2.05, 4.69) is 38.2 Å². The number of benzene rings is 2. The second kappa shape index (κ2) is 10.3. The SMILES string of the molecule is CC(C)(C)c1ccc(OCCNC(=O)CSCc2ccc(Cl)c(Cl)c2)cc1. The van der Waals surface area contributed by atoms with Crippen LogP contribution in [0.2, 0.25) is 10.0 Å². The maximum absolute atomic E-state index is 11.9. The third-order valence-corrected chi connectivity index (χ3v) is 5.64. The summed E-state index contributed by atoms with van der Waals surface area (Å²) in [5, 5.41) is 3.94. The summed E-state index contributed by atoms with van der Waals surface area (Å²) in [6.07, 6.45) is 0. The van der Waals surface area contributed by atoms with Crippen LogP contribution in [0.15, 0.2) is 42.5 Å². The zero-order valence-corrected chi connectivity index (χ0v) is 18.2. The second-order valence-electron chi connectivity index (χ2n) is 7.21. The van der Waals surface area contributed by atoms with E-state index < -0.39 is 0 Å². The molecule has 0 saturated carbocycles. The number of ether oxygens (including phenoxy) is 1. The zero-order valence-electron chi connectivity index (χ0n) is 15.9. The lowest BCUT2D eigenvalue weighted by molar-refractivity contribution is -0.118. The molecule has 0 fully saturated rings. The topological polar surface area (TPSA) is 38.3 Å². The number of hydrogen-bond donors (Lipinski definition) is 1. The van der Waals surface area contributed by atoms with Gasteiger partial charge in [0.1, 0.15) is 12.4 Å². The molecule has 27 heavy (non-hydrogen) atoms. The Morgan fingerprint density at radius 3 is 2.41 bits per heavy atom. The Bertz CT molecular complexity index is 758. The standard InChI is InChI=1S/C21H25Cl2NO2S/c1-21(2,3)16-5-7-17(8-6-16)26-11-10-24-20(25)14-27-13-15-4-9-18(22)19(23)12-15/h4-9,12H,10-11,13-14H2,1-3H3,(H,24,25). The largest absolute Gasteiger partial charge is 0.492 e. The first-order valence-corrected chi connectivity index (χ1v) is 10.7. The summed E-state index contributed by atoms with van der Waals surface area (Å²) in [4.78, 5) is 11.9. The molecule has 0 atom stereocenters. The predicted molar refractivity (Wildman–Crippen MR) is 116 cm³/mol. The van der Waals surface area contributed by atoms with Gasteiger partial charge in [0.25, 0.3) is 0 Å². The first-order valence-electron chi connectivity index (χ1n) is 8.77. The molecule has 0 aliphatic carbocycles. The number of hydrogen-bond acceptors (Lipinski definition) is 3. The fraction of sp³-hybridized carbons (Fsp3) is 0.381.